The molecule has 0 aromatic rings. The van der Waals surface area contributed by atoms with Crippen LogP contribution in [0.25, 0.3) is 0 Å². The Kier molecular flexibility index (Phi) is 4.84. The van der Waals surface area contributed by atoms with Crippen LogP contribution in [0.3, 0.4) is 0 Å². The van der Waals surface area contributed by atoms with Gasteiger partial charge in [0.15, 0.2) is 5.79 Å². The molecule has 6 aliphatic rings. The summed E-state index contributed by atoms with van der Waals surface area (Å²) in [5, 5.41) is 33.1. The second-order valence-electron chi connectivity index (χ2n) is 12.9. The topological polar surface area (TPSA) is 79.2 Å². The largest absolute Gasteiger partial charge is 0.393 e. The fraction of sp³-hybridized carbons (Fsp3) is 0.926. The van der Waals surface area contributed by atoms with Crippen molar-refractivity contribution in [2.24, 2.45) is 46.3 Å². The van der Waals surface area contributed by atoms with Gasteiger partial charge in [-0.15, -0.1) is 0 Å². The van der Waals surface area contributed by atoms with Gasteiger partial charge in [-0.05, 0) is 79.4 Å². The zero-order valence-electron chi connectivity index (χ0n) is 20.2. The van der Waals surface area contributed by atoms with Crippen molar-refractivity contribution in [2.75, 3.05) is 6.61 Å². The van der Waals surface area contributed by atoms with Crippen LogP contribution in [0.2, 0.25) is 0 Å². The molecule has 6 rings (SSSR count). The Bertz CT molecular complexity index is 812. The lowest BCUT2D eigenvalue weighted by atomic mass is 9.46. The third kappa shape index (κ3) is 2.64. The van der Waals surface area contributed by atoms with Crippen molar-refractivity contribution >= 4 is 0 Å². The van der Waals surface area contributed by atoms with Crippen molar-refractivity contribution in [3.63, 3.8) is 0 Å². The minimum atomic E-state index is -0.960. The van der Waals surface area contributed by atoms with E-state index in [0.717, 1.165) is 32.1 Å². The summed E-state index contributed by atoms with van der Waals surface area (Å²) >= 11 is 0. The van der Waals surface area contributed by atoms with Gasteiger partial charge in [0.2, 0.25) is 0 Å². The van der Waals surface area contributed by atoms with E-state index in [1.807, 2.05) is 0 Å². The summed E-state index contributed by atoms with van der Waals surface area (Å²) in [5.41, 5.74) is 1.62. The van der Waals surface area contributed by atoms with Crippen LogP contribution in [-0.4, -0.2) is 52.1 Å². The Morgan fingerprint density at radius 3 is 2.56 bits per heavy atom. The maximum absolute atomic E-state index is 11.8. The summed E-state index contributed by atoms with van der Waals surface area (Å²) in [6.07, 6.45) is 7.58. The van der Waals surface area contributed by atoms with E-state index in [2.05, 4.69) is 33.8 Å². The van der Waals surface area contributed by atoms with E-state index >= 15 is 0 Å². The number of fused-ring (bicyclic) bond motifs is 7. The molecule has 180 valence electrons. The second kappa shape index (κ2) is 7.04. The van der Waals surface area contributed by atoms with Crippen LogP contribution in [0.1, 0.15) is 72.6 Å². The quantitative estimate of drug-likeness (QED) is 0.495. The molecule has 0 bridgehead atoms. The van der Waals surface area contributed by atoms with Crippen LogP contribution in [0, 0.1) is 46.3 Å². The molecule has 2 heterocycles. The van der Waals surface area contributed by atoms with Crippen LogP contribution in [0.5, 0.6) is 0 Å². The molecule has 2 aliphatic heterocycles. The zero-order chi connectivity index (χ0) is 22.6. The molecule has 1 spiro atoms. The molecule has 4 aliphatic carbocycles. The van der Waals surface area contributed by atoms with E-state index in [4.69, 9.17) is 9.47 Å². The predicted octanol–water partition coefficient (Wildman–Crippen LogP) is 3.66. The van der Waals surface area contributed by atoms with Gasteiger partial charge >= 0.3 is 0 Å². The van der Waals surface area contributed by atoms with Crippen LogP contribution in [-0.2, 0) is 9.47 Å². The van der Waals surface area contributed by atoms with E-state index in [0.29, 0.717) is 30.8 Å². The first-order valence-electron chi connectivity index (χ1n) is 13.2. The molecule has 0 amide bonds. The molecule has 0 radical (unpaired) electrons. The zero-order valence-corrected chi connectivity index (χ0v) is 20.2. The average molecular weight is 447 g/mol. The predicted molar refractivity (Wildman–Crippen MR) is 120 cm³/mol. The van der Waals surface area contributed by atoms with Gasteiger partial charge in [0.05, 0.1) is 24.9 Å². The Morgan fingerprint density at radius 2 is 1.81 bits per heavy atom. The van der Waals surface area contributed by atoms with Crippen molar-refractivity contribution in [1.82, 2.24) is 0 Å². The van der Waals surface area contributed by atoms with Gasteiger partial charge in [0.25, 0.3) is 0 Å². The number of allylic oxidation sites excluding steroid dienone is 1. The monoisotopic (exact) mass is 446 g/mol. The Morgan fingerprint density at radius 1 is 1.03 bits per heavy atom. The third-order valence-electron chi connectivity index (χ3n) is 11.4. The van der Waals surface area contributed by atoms with Gasteiger partial charge in [-0.2, -0.15) is 0 Å². The minimum Gasteiger partial charge on any atom is -0.393 e. The summed E-state index contributed by atoms with van der Waals surface area (Å²) < 4.78 is 12.9. The number of ether oxygens (including phenoxy) is 2. The number of hydrogen-bond acceptors (Lipinski definition) is 5. The molecule has 0 aromatic heterocycles. The van der Waals surface area contributed by atoms with Crippen molar-refractivity contribution in [2.45, 2.75) is 103 Å². The molecule has 13 atom stereocenters. The van der Waals surface area contributed by atoms with E-state index in [1.54, 1.807) is 0 Å². The van der Waals surface area contributed by atoms with Gasteiger partial charge in [-0.1, -0.05) is 39.3 Å². The molecule has 3 saturated carbocycles. The summed E-state index contributed by atoms with van der Waals surface area (Å²) in [6, 6.07) is 0. The lowest BCUT2D eigenvalue weighted by Crippen LogP contribution is -2.58. The van der Waals surface area contributed by atoms with Gasteiger partial charge in [-0.3, -0.25) is 0 Å². The number of rotatable bonds is 0. The maximum Gasteiger partial charge on any atom is 0.197 e. The van der Waals surface area contributed by atoms with E-state index in [9.17, 15) is 15.3 Å². The minimum absolute atomic E-state index is 0.00378. The molecule has 3 N–H and O–H groups in total. The maximum atomic E-state index is 11.8. The first-order chi connectivity index (χ1) is 15.1. The molecular weight excluding hydrogens is 404 g/mol. The highest BCUT2D eigenvalue weighted by Crippen LogP contribution is 2.70. The van der Waals surface area contributed by atoms with Gasteiger partial charge in [0, 0.05) is 11.8 Å². The summed E-state index contributed by atoms with van der Waals surface area (Å²) in [5.74, 6) is 0.888. The van der Waals surface area contributed by atoms with E-state index in [-0.39, 0.29) is 40.8 Å². The molecule has 2 saturated heterocycles. The van der Waals surface area contributed by atoms with Crippen LogP contribution >= 0.6 is 0 Å². The first-order valence-corrected chi connectivity index (χ1v) is 13.2. The van der Waals surface area contributed by atoms with Crippen LogP contribution in [0.15, 0.2) is 11.6 Å². The average Bonchev–Trinajstić information content (AvgIpc) is 3.16. The Hall–Kier alpha value is -0.460. The van der Waals surface area contributed by atoms with Crippen molar-refractivity contribution in [3.05, 3.63) is 11.6 Å². The number of hydrogen-bond donors (Lipinski definition) is 3. The molecule has 0 aromatic carbocycles. The molecular formula is C27H42O5. The summed E-state index contributed by atoms with van der Waals surface area (Å²) in [7, 11) is 0. The van der Waals surface area contributed by atoms with E-state index < -0.39 is 18.0 Å². The lowest BCUT2D eigenvalue weighted by molar-refractivity contribution is -0.322. The molecule has 32 heavy (non-hydrogen) atoms. The Balaban J connectivity index is 1.33. The lowest BCUT2D eigenvalue weighted by Gasteiger charge is -2.59. The molecule has 0 unspecified atom stereocenters. The van der Waals surface area contributed by atoms with Crippen LogP contribution < -0.4 is 0 Å². The van der Waals surface area contributed by atoms with E-state index in [1.165, 1.54) is 12.0 Å². The molecule has 5 nitrogen and oxygen atoms in total. The third-order valence-corrected chi connectivity index (χ3v) is 11.4. The first kappa shape index (κ1) is 22.0. The van der Waals surface area contributed by atoms with Gasteiger partial charge < -0.3 is 24.8 Å². The highest BCUT2D eigenvalue weighted by atomic mass is 16.7. The fourth-order valence-corrected chi connectivity index (χ4v) is 9.85. The standard InChI is InChI=1S/C27H42O5/c1-14-11-20(29)27(31-13-14)15(2)21-24(32-27)23(30)22-18-6-5-16-12-17(28)7-9-25(16,3)19(18)8-10-26(21,22)4/h5,14-15,17-24,28-30H,6-13H2,1-4H3/t14-,15+,17+,18-,19-,20-,21+,22+,23+,24-,25+,26-,27+/m1/s1. The van der Waals surface area contributed by atoms with Crippen LogP contribution in [0.4, 0.5) is 0 Å². The fourth-order valence-electron chi connectivity index (χ4n) is 9.85. The van der Waals surface area contributed by atoms with Gasteiger partial charge in [0.1, 0.15) is 6.10 Å². The smallest absolute Gasteiger partial charge is 0.197 e. The van der Waals surface area contributed by atoms with Crippen molar-refractivity contribution in [1.29, 1.82) is 0 Å². The normalized spacial score (nSPS) is 61.5. The van der Waals surface area contributed by atoms with Crippen molar-refractivity contribution in [3.8, 4) is 0 Å². The second-order valence-corrected chi connectivity index (χ2v) is 12.9. The number of aliphatic hydroxyl groups is 3. The molecule has 5 fully saturated rings. The van der Waals surface area contributed by atoms with Crippen molar-refractivity contribution < 1.29 is 24.8 Å². The number of aliphatic hydroxyl groups excluding tert-OH is 3. The van der Waals surface area contributed by atoms with Gasteiger partial charge in [-0.25, -0.2) is 0 Å². The summed E-state index contributed by atoms with van der Waals surface area (Å²) in [6.45, 7) is 9.73. The highest BCUT2D eigenvalue weighted by molar-refractivity contribution is 5.27. The Labute approximate surface area is 192 Å². The summed E-state index contributed by atoms with van der Waals surface area (Å²) in [4.78, 5) is 0. The molecule has 5 heteroatoms. The SMILES string of the molecule is C[C@H]1CO[C@@]2(O[C@H]3[C@@H](O)[C@@H]4[C@@H]5CC=C6C[C@@H](O)CC[C@]6(C)[C@@H]5CC[C@]4(C)[C@H]3[C@@H]2C)[C@H](O)C1. The highest BCUT2D eigenvalue weighted by Gasteiger charge is 2.73.